The molecule has 1 nitrogen and oxygen atoms in total. The predicted octanol–water partition coefficient (Wildman–Crippen LogP) is 3.09. The van der Waals surface area contributed by atoms with E-state index in [4.69, 9.17) is 0 Å². The third-order valence-electron chi connectivity index (χ3n) is 2.34. The first-order valence-electron chi connectivity index (χ1n) is 5.25. The van der Waals surface area contributed by atoms with Crippen LogP contribution in [-0.4, -0.2) is 10.7 Å². The molecule has 0 radical (unpaired) electrons. The fourth-order valence-corrected chi connectivity index (χ4v) is 1.59. The van der Waals surface area contributed by atoms with Crippen LogP contribution in [0.5, 0.6) is 0 Å². The molecule has 0 spiro atoms. The lowest BCUT2D eigenvalue weighted by molar-refractivity contribution is 0.0689. The zero-order valence-electron chi connectivity index (χ0n) is 9.38. The molecule has 1 heteroatoms. The van der Waals surface area contributed by atoms with E-state index in [0.29, 0.717) is 0 Å². The molecule has 1 rings (SSSR count). The van der Waals surface area contributed by atoms with E-state index < -0.39 is 5.60 Å². The van der Waals surface area contributed by atoms with E-state index >= 15 is 0 Å². The van der Waals surface area contributed by atoms with Gasteiger partial charge in [-0.2, -0.15) is 0 Å². The molecule has 78 valence electrons. The summed E-state index contributed by atoms with van der Waals surface area (Å²) in [5, 5.41) is 9.55. The molecular weight excluding hydrogens is 172 g/mol. The molecule has 0 saturated carbocycles. The topological polar surface area (TPSA) is 20.2 Å². The van der Waals surface area contributed by atoms with Crippen LogP contribution < -0.4 is 0 Å². The van der Waals surface area contributed by atoms with Crippen LogP contribution in [0, 0.1) is 6.92 Å². The van der Waals surface area contributed by atoms with Crippen LogP contribution >= 0.6 is 0 Å². The van der Waals surface area contributed by atoms with Gasteiger partial charge in [-0.25, -0.2) is 0 Å². The van der Waals surface area contributed by atoms with E-state index in [1.165, 1.54) is 11.1 Å². The average Bonchev–Trinajstić information content (AvgIpc) is 2.01. The number of rotatable bonds is 4. The van der Waals surface area contributed by atoms with Crippen molar-refractivity contribution in [2.45, 2.75) is 45.6 Å². The van der Waals surface area contributed by atoms with Gasteiger partial charge in [-0.3, -0.25) is 0 Å². The van der Waals surface area contributed by atoms with Gasteiger partial charge in [0.15, 0.2) is 0 Å². The zero-order chi connectivity index (χ0) is 10.6. The molecule has 0 heterocycles. The molecular formula is C13H20O. The molecule has 0 aliphatic carbocycles. The molecule has 1 aromatic carbocycles. The SMILES string of the molecule is Cc1cccc(CCCC(C)(C)O)c1. The lowest BCUT2D eigenvalue weighted by Gasteiger charge is -2.16. The Hall–Kier alpha value is -0.820. The summed E-state index contributed by atoms with van der Waals surface area (Å²) >= 11 is 0. The highest BCUT2D eigenvalue weighted by molar-refractivity contribution is 5.22. The Labute approximate surface area is 86.8 Å². The smallest absolute Gasteiger partial charge is 0.0591 e. The summed E-state index contributed by atoms with van der Waals surface area (Å²) in [6, 6.07) is 8.57. The van der Waals surface area contributed by atoms with Crippen molar-refractivity contribution >= 4 is 0 Å². The van der Waals surface area contributed by atoms with Crippen molar-refractivity contribution in [2.75, 3.05) is 0 Å². The first-order chi connectivity index (χ1) is 6.47. The Morgan fingerprint density at radius 2 is 2.00 bits per heavy atom. The van der Waals surface area contributed by atoms with Gasteiger partial charge in [-0.1, -0.05) is 29.8 Å². The van der Waals surface area contributed by atoms with Crippen LogP contribution in [0.15, 0.2) is 24.3 Å². The maximum absolute atomic E-state index is 9.55. The summed E-state index contributed by atoms with van der Waals surface area (Å²) in [5.41, 5.74) is 2.16. The minimum Gasteiger partial charge on any atom is -0.390 e. The molecule has 14 heavy (non-hydrogen) atoms. The minimum atomic E-state index is -0.524. The largest absolute Gasteiger partial charge is 0.390 e. The highest BCUT2D eigenvalue weighted by Crippen LogP contribution is 2.14. The Morgan fingerprint density at radius 1 is 1.29 bits per heavy atom. The monoisotopic (exact) mass is 192 g/mol. The molecule has 1 aromatic rings. The lowest BCUT2D eigenvalue weighted by Crippen LogP contribution is -2.18. The van der Waals surface area contributed by atoms with Gasteiger partial charge in [0, 0.05) is 0 Å². The fraction of sp³-hybridized carbons (Fsp3) is 0.538. The average molecular weight is 192 g/mol. The number of benzene rings is 1. The molecule has 0 bridgehead atoms. The van der Waals surface area contributed by atoms with E-state index in [2.05, 4.69) is 31.2 Å². The van der Waals surface area contributed by atoms with Gasteiger partial charge < -0.3 is 5.11 Å². The van der Waals surface area contributed by atoms with Gasteiger partial charge >= 0.3 is 0 Å². The van der Waals surface area contributed by atoms with Crippen LogP contribution in [0.1, 0.15) is 37.8 Å². The maximum atomic E-state index is 9.55. The van der Waals surface area contributed by atoms with E-state index in [-0.39, 0.29) is 0 Å². The van der Waals surface area contributed by atoms with Crippen molar-refractivity contribution in [3.05, 3.63) is 35.4 Å². The second-order valence-electron chi connectivity index (χ2n) is 4.66. The van der Waals surface area contributed by atoms with Gasteiger partial charge in [-0.05, 0) is 45.6 Å². The van der Waals surface area contributed by atoms with Crippen LogP contribution in [0.4, 0.5) is 0 Å². The van der Waals surface area contributed by atoms with Crippen molar-refractivity contribution < 1.29 is 5.11 Å². The van der Waals surface area contributed by atoms with Gasteiger partial charge in [0.1, 0.15) is 0 Å². The second-order valence-corrected chi connectivity index (χ2v) is 4.66. The van der Waals surface area contributed by atoms with Crippen molar-refractivity contribution in [1.29, 1.82) is 0 Å². The first kappa shape index (κ1) is 11.3. The van der Waals surface area contributed by atoms with Gasteiger partial charge in [-0.15, -0.1) is 0 Å². The third kappa shape index (κ3) is 4.43. The number of hydrogen-bond acceptors (Lipinski definition) is 1. The highest BCUT2D eigenvalue weighted by atomic mass is 16.3. The summed E-state index contributed by atoms with van der Waals surface area (Å²) in [6.07, 6.45) is 2.97. The lowest BCUT2D eigenvalue weighted by atomic mass is 9.98. The van der Waals surface area contributed by atoms with Crippen molar-refractivity contribution in [2.24, 2.45) is 0 Å². The third-order valence-corrected chi connectivity index (χ3v) is 2.34. The summed E-state index contributed by atoms with van der Waals surface area (Å²) < 4.78 is 0. The van der Waals surface area contributed by atoms with Crippen molar-refractivity contribution in [3.8, 4) is 0 Å². The molecule has 0 atom stereocenters. The Kier molecular flexibility index (Phi) is 3.70. The minimum absolute atomic E-state index is 0.524. The molecule has 0 saturated heterocycles. The van der Waals surface area contributed by atoms with Gasteiger partial charge in [0.25, 0.3) is 0 Å². The Balaban J connectivity index is 2.39. The predicted molar refractivity (Wildman–Crippen MR) is 60.4 cm³/mol. The van der Waals surface area contributed by atoms with E-state index in [1.807, 2.05) is 13.8 Å². The molecule has 1 N–H and O–H groups in total. The van der Waals surface area contributed by atoms with Crippen LogP contribution in [0.25, 0.3) is 0 Å². The van der Waals surface area contributed by atoms with Crippen molar-refractivity contribution in [1.82, 2.24) is 0 Å². The summed E-state index contributed by atoms with van der Waals surface area (Å²) in [6.45, 7) is 5.84. The summed E-state index contributed by atoms with van der Waals surface area (Å²) in [7, 11) is 0. The molecule has 0 aliphatic rings. The van der Waals surface area contributed by atoms with Crippen LogP contribution in [0.3, 0.4) is 0 Å². The molecule has 0 unspecified atom stereocenters. The second kappa shape index (κ2) is 4.61. The molecule has 0 aliphatic heterocycles. The van der Waals surface area contributed by atoms with E-state index in [1.54, 1.807) is 0 Å². The van der Waals surface area contributed by atoms with E-state index in [0.717, 1.165) is 19.3 Å². The standard InChI is InChI=1S/C13H20O/c1-11-6-4-7-12(10-11)8-5-9-13(2,3)14/h4,6-7,10,14H,5,8-9H2,1-3H3. The molecule has 0 fully saturated rings. The fourth-order valence-electron chi connectivity index (χ4n) is 1.59. The number of hydrogen-bond donors (Lipinski definition) is 1. The van der Waals surface area contributed by atoms with Crippen LogP contribution in [0.2, 0.25) is 0 Å². The Bertz CT molecular complexity index is 284. The van der Waals surface area contributed by atoms with Crippen LogP contribution in [-0.2, 0) is 6.42 Å². The molecule has 0 aromatic heterocycles. The highest BCUT2D eigenvalue weighted by Gasteiger charge is 2.11. The zero-order valence-corrected chi connectivity index (χ0v) is 9.38. The number of aryl methyl sites for hydroxylation is 2. The number of aliphatic hydroxyl groups is 1. The Morgan fingerprint density at radius 3 is 2.57 bits per heavy atom. The van der Waals surface area contributed by atoms with Gasteiger partial charge in [0.05, 0.1) is 5.60 Å². The maximum Gasteiger partial charge on any atom is 0.0591 e. The first-order valence-corrected chi connectivity index (χ1v) is 5.25. The summed E-state index contributed by atoms with van der Waals surface area (Å²) in [4.78, 5) is 0. The quantitative estimate of drug-likeness (QED) is 0.777. The van der Waals surface area contributed by atoms with Gasteiger partial charge in [0.2, 0.25) is 0 Å². The molecule has 0 amide bonds. The summed E-state index contributed by atoms with van der Waals surface area (Å²) in [5.74, 6) is 0. The van der Waals surface area contributed by atoms with E-state index in [9.17, 15) is 5.11 Å². The normalized spacial score (nSPS) is 11.7. The van der Waals surface area contributed by atoms with Crippen molar-refractivity contribution in [3.63, 3.8) is 0 Å².